The normalized spacial score (nSPS) is 16.9. The first-order valence-corrected chi connectivity index (χ1v) is 25.8. The van der Waals surface area contributed by atoms with Crippen LogP contribution in [-0.2, 0) is 36.6 Å². The number of benzene rings is 4. The van der Waals surface area contributed by atoms with Gasteiger partial charge in [-0.25, -0.2) is 9.78 Å². The number of aliphatic hydroxyl groups is 1. The van der Waals surface area contributed by atoms with Crippen molar-refractivity contribution in [1.82, 2.24) is 20.5 Å². The predicted octanol–water partition coefficient (Wildman–Crippen LogP) is 8.92. The maximum atomic E-state index is 14.1. The van der Waals surface area contributed by atoms with Crippen molar-refractivity contribution in [2.75, 3.05) is 49.3 Å². The van der Waals surface area contributed by atoms with Gasteiger partial charge in [-0.1, -0.05) is 69.3 Å². The molecular formula is C55H60F3N7O8S2. The average Bonchev–Trinajstić information content (AvgIpc) is 4.09. The van der Waals surface area contributed by atoms with Gasteiger partial charge in [0.1, 0.15) is 24.4 Å². The molecule has 5 aromatic rings. The molecule has 0 spiro atoms. The summed E-state index contributed by atoms with van der Waals surface area (Å²) in [5.41, 5.74) is 3.54. The Hall–Kier alpha value is -6.92. The third-order valence-electron chi connectivity index (χ3n) is 12.8. The first kappa shape index (κ1) is 55.8. The summed E-state index contributed by atoms with van der Waals surface area (Å²) < 4.78 is 58.0. The number of hydrogen-bond donors (Lipinski definition) is 3. The number of ether oxygens (including phenoxy) is 3. The van der Waals surface area contributed by atoms with Crippen LogP contribution in [0, 0.1) is 16.7 Å². The van der Waals surface area contributed by atoms with E-state index < -0.39 is 70.1 Å². The number of thiocarbonyl (C=S) groups is 1. The number of nitriles is 1. The number of nitrogens with zero attached hydrogens (tertiary/aromatic N) is 5. The molecule has 0 aliphatic carbocycles. The van der Waals surface area contributed by atoms with E-state index in [4.69, 9.17) is 26.4 Å². The molecule has 2 fully saturated rings. The highest BCUT2D eigenvalue weighted by Gasteiger charge is 2.45. The SMILES string of the molecule is CCOC(=O)c1ncsc1-c1ccc(CNC(=O)[C@@H]2C[C@@H](O)CN2C(=O)[C@@H](NC(=O)COCCCCOc2ccc(-c3ccc(N4C(=S)N(c5ccc(C#N)c(C(F)(F)F)c5)CC4(C)C)cc3)cc2)C(C)(C)C)cc1. The van der Waals surface area contributed by atoms with Crippen molar-refractivity contribution >= 4 is 63.7 Å². The predicted molar refractivity (Wildman–Crippen MR) is 283 cm³/mol. The van der Waals surface area contributed by atoms with Gasteiger partial charge in [-0.05, 0) is 116 Å². The van der Waals surface area contributed by atoms with E-state index in [0.29, 0.717) is 41.7 Å². The molecule has 0 bridgehead atoms. The Morgan fingerprint density at radius 3 is 2.21 bits per heavy atom. The van der Waals surface area contributed by atoms with Crippen LogP contribution < -0.4 is 25.2 Å². The number of carbonyl (C=O) groups is 4. The summed E-state index contributed by atoms with van der Waals surface area (Å²) in [5.74, 6) is -1.24. The number of aliphatic hydroxyl groups excluding tert-OH is 1. The van der Waals surface area contributed by atoms with Crippen LogP contribution in [-0.4, -0.2) is 107 Å². The zero-order valence-electron chi connectivity index (χ0n) is 42.5. The smallest absolute Gasteiger partial charge is 0.417 e. The third-order valence-corrected chi connectivity index (χ3v) is 14.1. The summed E-state index contributed by atoms with van der Waals surface area (Å²) in [6, 6.07) is 26.0. The number of rotatable bonds is 19. The summed E-state index contributed by atoms with van der Waals surface area (Å²) >= 11 is 7.13. The molecule has 1 aromatic heterocycles. The quantitative estimate of drug-likeness (QED) is 0.0405. The van der Waals surface area contributed by atoms with Crippen LogP contribution in [0.3, 0.4) is 0 Å². The summed E-state index contributed by atoms with van der Waals surface area (Å²) in [6.07, 6.45) is -4.32. The first-order chi connectivity index (χ1) is 35.6. The van der Waals surface area contributed by atoms with E-state index in [9.17, 15) is 42.7 Å². The molecule has 0 unspecified atom stereocenters. The van der Waals surface area contributed by atoms with E-state index >= 15 is 0 Å². The fraction of sp³-hybridized carbons (Fsp3) is 0.400. The van der Waals surface area contributed by atoms with Crippen LogP contribution in [0.2, 0.25) is 0 Å². The Morgan fingerprint density at radius 1 is 0.933 bits per heavy atom. The standard InChI is InChI=1S/C55H60F3N7O8S2/c1-7-72-51(70)46-47(75-33-61-46)37-12-10-34(11-13-37)29-60-49(68)44-27-41(66)30-63(44)50(69)48(53(2,3)4)62-45(67)31-71-24-8-9-25-73-42-22-17-36(18-23-42)35-14-19-39(20-15-35)65-52(74)64(32-54(65,5)6)40-21-16-38(28-59)43(26-40)55(56,57)58/h10-23,26,33,41,44,48,66H,7-9,24-25,27,29-32H2,1-6H3,(H,60,68)(H,62,67)/t41-,44+,48-/m1/s1. The molecule has 0 radical (unpaired) electrons. The molecule has 396 valence electrons. The van der Waals surface area contributed by atoms with Crippen LogP contribution in [0.25, 0.3) is 21.6 Å². The highest BCUT2D eigenvalue weighted by Crippen LogP contribution is 2.40. The van der Waals surface area contributed by atoms with Crippen molar-refractivity contribution in [2.45, 2.75) is 97.3 Å². The number of amides is 3. The van der Waals surface area contributed by atoms with Gasteiger partial charge >= 0.3 is 12.1 Å². The fourth-order valence-electron chi connectivity index (χ4n) is 9.01. The van der Waals surface area contributed by atoms with Gasteiger partial charge in [-0.15, -0.1) is 11.3 Å². The van der Waals surface area contributed by atoms with Crippen LogP contribution in [0.5, 0.6) is 5.75 Å². The Bertz CT molecular complexity index is 2900. The van der Waals surface area contributed by atoms with Crippen molar-refractivity contribution in [3.8, 4) is 33.4 Å². The maximum absolute atomic E-state index is 14.1. The molecule has 75 heavy (non-hydrogen) atoms. The average molecular weight is 1070 g/mol. The lowest BCUT2D eigenvalue weighted by atomic mass is 9.85. The Morgan fingerprint density at radius 2 is 1.57 bits per heavy atom. The number of hydrogen-bond acceptors (Lipinski definition) is 12. The molecule has 7 rings (SSSR count). The second-order valence-corrected chi connectivity index (χ2v) is 21.2. The number of halogens is 3. The lowest BCUT2D eigenvalue weighted by Crippen LogP contribution is -2.58. The molecule has 0 saturated carbocycles. The van der Waals surface area contributed by atoms with Crippen LogP contribution in [0.1, 0.15) is 88.0 Å². The largest absolute Gasteiger partial charge is 0.494 e. The number of nitrogens with one attached hydrogen (secondary N) is 2. The number of β-amino-alcohol motifs (C(OH)–C–C–N with tert-alkyl or cyclic N) is 1. The van der Waals surface area contributed by atoms with E-state index in [1.54, 1.807) is 23.4 Å². The monoisotopic (exact) mass is 1070 g/mol. The molecule has 3 N–H and O–H groups in total. The number of esters is 1. The molecule has 3 heterocycles. The Balaban J connectivity index is 0.832. The first-order valence-electron chi connectivity index (χ1n) is 24.5. The minimum absolute atomic E-state index is 0.0427. The van der Waals surface area contributed by atoms with Crippen molar-refractivity contribution in [1.29, 1.82) is 5.26 Å². The van der Waals surface area contributed by atoms with E-state index in [0.717, 1.165) is 34.0 Å². The zero-order valence-corrected chi connectivity index (χ0v) is 44.2. The van der Waals surface area contributed by atoms with Gasteiger partial charge < -0.3 is 44.7 Å². The lowest BCUT2D eigenvalue weighted by Gasteiger charge is -2.35. The lowest BCUT2D eigenvalue weighted by molar-refractivity contribution is -0.144. The second kappa shape index (κ2) is 23.7. The van der Waals surface area contributed by atoms with Gasteiger partial charge in [0.05, 0.1) is 52.4 Å². The van der Waals surface area contributed by atoms with Crippen LogP contribution >= 0.6 is 23.6 Å². The van der Waals surface area contributed by atoms with Crippen LogP contribution in [0.15, 0.2) is 96.5 Å². The minimum Gasteiger partial charge on any atom is -0.494 e. The molecule has 2 saturated heterocycles. The highest BCUT2D eigenvalue weighted by atomic mass is 32.1. The number of likely N-dealkylation sites (tertiary alicyclic amines) is 1. The van der Waals surface area contributed by atoms with Gasteiger partial charge in [0.25, 0.3) is 0 Å². The highest BCUT2D eigenvalue weighted by molar-refractivity contribution is 7.80. The van der Waals surface area contributed by atoms with Gasteiger partial charge in [0, 0.05) is 44.0 Å². The van der Waals surface area contributed by atoms with E-state index in [1.165, 1.54) is 28.4 Å². The van der Waals surface area contributed by atoms with Gasteiger partial charge in [-0.3, -0.25) is 14.4 Å². The summed E-state index contributed by atoms with van der Waals surface area (Å²) in [7, 11) is 0. The Labute approximate surface area is 443 Å². The molecule has 2 aliphatic rings. The van der Waals surface area contributed by atoms with Crippen molar-refractivity contribution in [3.63, 3.8) is 0 Å². The summed E-state index contributed by atoms with van der Waals surface area (Å²) in [4.78, 5) is 62.8. The number of carbonyl (C=O) groups excluding carboxylic acids is 4. The molecule has 3 amide bonds. The molecular weight excluding hydrogens is 1010 g/mol. The zero-order chi connectivity index (χ0) is 54.2. The molecule has 20 heteroatoms. The summed E-state index contributed by atoms with van der Waals surface area (Å²) in [6.45, 7) is 12.1. The van der Waals surface area contributed by atoms with Crippen LogP contribution in [0.4, 0.5) is 24.5 Å². The van der Waals surface area contributed by atoms with Crippen molar-refractivity contribution < 1.29 is 51.7 Å². The van der Waals surface area contributed by atoms with Gasteiger partial charge in [0.2, 0.25) is 17.7 Å². The Kier molecular flexibility index (Phi) is 17.7. The van der Waals surface area contributed by atoms with Crippen molar-refractivity contribution in [2.24, 2.45) is 5.41 Å². The van der Waals surface area contributed by atoms with E-state index in [-0.39, 0.29) is 50.7 Å². The van der Waals surface area contributed by atoms with Gasteiger partial charge in [-0.2, -0.15) is 18.4 Å². The second-order valence-electron chi connectivity index (χ2n) is 20.0. The molecule has 3 atom stereocenters. The van der Waals surface area contributed by atoms with E-state index in [1.807, 2.05) is 112 Å². The van der Waals surface area contributed by atoms with Crippen molar-refractivity contribution in [3.05, 3.63) is 119 Å². The molecule has 15 nitrogen and oxygen atoms in total. The number of anilines is 2. The van der Waals surface area contributed by atoms with Gasteiger partial charge in [0.15, 0.2) is 10.8 Å². The minimum atomic E-state index is -4.69. The number of thiazole rings is 1. The summed E-state index contributed by atoms with van der Waals surface area (Å²) in [5, 5.41) is 25.9. The number of alkyl halides is 3. The molecule has 4 aromatic carbocycles. The molecule has 2 aliphatic heterocycles. The third kappa shape index (κ3) is 13.5. The maximum Gasteiger partial charge on any atom is 0.417 e. The van der Waals surface area contributed by atoms with E-state index in [2.05, 4.69) is 15.6 Å². The fourth-order valence-corrected chi connectivity index (χ4v) is 10.3. The number of unbranched alkanes of at least 4 members (excludes halogenated alkanes) is 1. The number of aromatic nitrogens is 1. The topological polar surface area (TPSA) is 187 Å².